The van der Waals surface area contributed by atoms with Crippen LogP contribution >= 0.6 is 23.2 Å². The fourth-order valence-electron chi connectivity index (χ4n) is 3.38. The largest absolute Gasteiger partial charge is 0.107 e. The minimum Gasteiger partial charge on any atom is -0.105 e. The lowest BCUT2D eigenvalue weighted by molar-refractivity contribution is 0.522. The number of hydrogen-bond donors (Lipinski definition) is 0. The summed E-state index contributed by atoms with van der Waals surface area (Å²) in [4.78, 5) is -0.157. The van der Waals surface area contributed by atoms with E-state index in [4.69, 9.17) is 23.2 Å². The molecular formula is C22H44Cl2. The average Bonchev–Trinajstić information content (AvgIpc) is 2.56. The van der Waals surface area contributed by atoms with Crippen LogP contribution < -0.4 is 0 Å². The quantitative estimate of drug-likeness (QED) is 0.146. The van der Waals surface area contributed by atoms with Crippen LogP contribution in [-0.2, 0) is 0 Å². The van der Waals surface area contributed by atoms with Crippen LogP contribution in [0.25, 0.3) is 0 Å². The third-order valence-corrected chi connectivity index (χ3v) is 5.46. The van der Waals surface area contributed by atoms with Crippen molar-refractivity contribution < 1.29 is 0 Å². The molecular weight excluding hydrogens is 335 g/mol. The van der Waals surface area contributed by atoms with Gasteiger partial charge in [-0.3, -0.25) is 0 Å². The lowest BCUT2D eigenvalue weighted by Gasteiger charge is -2.04. The first-order valence-electron chi connectivity index (χ1n) is 11.1. The van der Waals surface area contributed by atoms with Crippen molar-refractivity contribution in [1.82, 2.24) is 0 Å². The Morgan fingerprint density at radius 1 is 0.417 bits per heavy atom. The second-order valence-electron chi connectivity index (χ2n) is 7.54. The minimum atomic E-state index is -0.157. The van der Waals surface area contributed by atoms with Gasteiger partial charge in [0.25, 0.3) is 0 Å². The molecule has 2 heteroatoms. The number of rotatable bonds is 20. The molecule has 0 aliphatic rings. The summed E-state index contributed by atoms with van der Waals surface area (Å²) in [5.41, 5.74) is 0. The van der Waals surface area contributed by atoms with E-state index in [1.807, 2.05) is 0 Å². The maximum absolute atomic E-state index is 5.72. The average molecular weight is 380 g/mol. The molecule has 0 spiro atoms. The van der Waals surface area contributed by atoms with Crippen LogP contribution in [0.4, 0.5) is 0 Å². The zero-order chi connectivity index (χ0) is 17.7. The van der Waals surface area contributed by atoms with Gasteiger partial charge in [0.2, 0.25) is 0 Å². The Morgan fingerprint density at radius 3 is 0.917 bits per heavy atom. The second kappa shape index (κ2) is 21.6. The van der Waals surface area contributed by atoms with Crippen LogP contribution in [0, 0.1) is 0 Å². The van der Waals surface area contributed by atoms with E-state index >= 15 is 0 Å². The highest BCUT2D eigenvalue weighted by Gasteiger charge is 1.98. The molecule has 0 aromatic carbocycles. The van der Waals surface area contributed by atoms with Gasteiger partial charge in [-0.25, -0.2) is 0 Å². The summed E-state index contributed by atoms with van der Waals surface area (Å²) in [6.45, 7) is 2.29. The molecule has 0 aliphatic heterocycles. The Kier molecular flexibility index (Phi) is 22.1. The van der Waals surface area contributed by atoms with Crippen LogP contribution in [0.3, 0.4) is 0 Å². The predicted octanol–water partition coefficient (Wildman–Crippen LogP) is 9.61. The molecule has 0 rings (SSSR count). The molecule has 0 radical (unpaired) electrons. The molecule has 0 atom stereocenters. The molecule has 0 fully saturated rings. The van der Waals surface area contributed by atoms with E-state index in [1.165, 1.54) is 122 Å². The molecule has 0 aliphatic carbocycles. The van der Waals surface area contributed by atoms with E-state index in [1.54, 1.807) is 0 Å². The topological polar surface area (TPSA) is 0 Å². The van der Waals surface area contributed by atoms with Crippen LogP contribution in [0.1, 0.15) is 135 Å². The maximum Gasteiger partial charge on any atom is 0.107 e. The summed E-state index contributed by atoms with van der Waals surface area (Å²) in [6.07, 6.45) is 28.0. The predicted molar refractivity (Wildman–Crippen MR) is 114 cm³/mol. The highest BCUT2D eigenvalue weighted by atomic mass is 35.5. The molecule has 0 amide bonds. The normalized spacial score (nSPS) is 11.5. The van der Waals surface area contributed by atoms with Gasteiger partial charge in [0, 0.05) is 0 Å². The first-order valence-corrected chi connectivity index (χ1v) is 11.9. The standard InChI is InChI=1S/C22H44Cl2/c1-2-3-4-5-6-7-8-9-10-11-12-13-14-15-16-17-18-19-20-21-22(23)24/h22H,2-21H2,1H3. The smallest absolute Gasteiger partial charge is 0.105 e. The highest BCUT2D eigenvalue weighted by molar-refractivity contribution is 6.44. The molecule has 24 heavy (non-hydrogen) atoms. The minimum absolute atomic E-state index is 0.157. The molecule has 0 saturated carbocycles. The van der Waals surface area contributed by atoms with Crippen molar-refractivity contribution in [3.63, 3.8) is 0 Å². The van der Waals surface area contributed by atoms with E-state index in [2.05, 4.69) is 6.92 Å². The van der Waals surface area contributed by atoms with Gasteiger partial charge in [0.1, 0.15) is 4.84 Å². The van der Waals surface area contributed by atoms with Gasteiger partial charge in [-0.15, -0.1) is 23.2 Å². The molecule has 0 unspecified atom stereocenters. The van der Waals surface area contributed by atoms with Gasteiger partial charge in [-0.05, 0) is 6.42 Å². The lowest BCUT2D eigenvalue weighted by Crippen LogP contribution is -1.87. The van der Waals surface area contributed by atoms with Gasteiger partial charge in [-0.2, -0.15) is 0 Å². The summed E-state index contributed by atoms with van der Waals surface area (Å²) in [5.74, 6) is 0. The summed E-state index contributed by atoms with van der Waals surface area (Å²) in [7, 11) is 0. The van der Waals surface area contributed by atoms with E-state index < -0.39 is 0 Å². The Labute approximate surface area is 163 Å². The van der Waals surface area contributed by atoms with Crippen molar-refractivity contribution in [2.24, 2.45) is 0 Å². The molecule has 0 aromatic heterocycles. The fourth-order valence-corrected chi connectivity index (χ4v) is 3.69. The van der Waals surface area contributed by atoms with Gasteiger partial charge < -0.3 is 0 Å². The third-order valence-electron chi connectivity index (χ3n) is 5.03. The number of unbranched alkanes of at least 4 members (excludes halogenated alkanes) is 18. The van der Waals surface area contributed by atoms with Crippen LogP contribution in [0.5, 0.6) is 0 Å². The van der Waals surface area contributed by atoms with Gasteiger partial charge >= 0.3 is 0 Å². The Balaban J connectivity index is 2.95. The summed E-state index contributed by atoms with van der Waals surface area (Å²) >= 11 is 11.4. The van der Waals surface area contributed by atoms with Crippen LogP contribution in [-0.4, -0.2) is 4.84 Å². The molecule has 0 N–H and O–H groups in total. The molecule has 0 aromatic rings. The zero-order valence-electron chi connectivity index (χ0n) is 16.5. The van der Waals surface area contributed by atoms with E-state index in [9.17, 15) is 0 Å². The third kappa shape index (κ3) is 22.6. The van der Waals surface area contributed by atoms with Crippen molar-refractivity contribution in [3.05, 3.63) is 0 Å². The van der Waals surface area contributed by atoms with Gasteiger partial charge in [0.05, 0.1) is 0 Å². The Bertz CT molecular complexity index is 216. The van der Waals surface area contributed by atoms with Crippen molar-refractivity contribution in [1.29, 1.82) is 0 Å². The highest BCUT2D eigenvalue weighted by Crippen LogP contribution is 2.16. The lowest BCUT2D eigenvalue weighted by atomic mass is 10.0. The first-order chi connectivity index (χ1) is 11.8. The van der Waals surface area contributed by atoms with Gasteiger partial charge in [-0.1, -0.05) is 129 Å². The van der Waals surface area contributed by atoms with Gasteiger partial charge in [0.15, 0.2) is 0 Å². The van der Waals surface area contributed by atoms with Crippen molar-refractivity contribution in [2.45, 2.75) is 140 Å². The van der Waals surface area contributed by atoms with Crippen molar-refractivity contribution >= 4 is 23.2 Å². The van der Waals surface area contributed by atoms with E-state index in [-0.39, 0.29) is 4.84 Å². The van der Waals surface area contributed by atoms with E-state index in [0.29, 0.717) is 0 Å². The molecule has 0 heterocycles. The first kappa shape index (κ1) is 24.6. The number of halogens is 2. The molecule has 0 saturated heterocycles. The van der Waals surface area contributed by atoms with Crippen LogP contribution in [0.15, 0.2) is 0 Å². The second-order valence-corrected chi connectivity index (χ2v) is 8.82. The molecule has 0 nitrogen and oxygen atoms in total. The summed E-state index contributed by atoms with van der Waals surface area (Å²) < 4.78 is 0. The summed E-state index contributed by atoms with van der Waals surface area (Å²) in [6, 6.07) is 0. The van der Waals surface area contributed by atoms with Crippen molar-refractivity contribution in [2.75, 3.05) is 0 Å². The van der Waals surface area contributed by atoms with E-state index in [0.717, 1.165) is 6.42 Å². The summed E-state index contributed by atoms with van der Waals surface area (Å²) in [5, 5.41) is 0. The molecule has 146 valence electrons. The Morgan fingerprint density at radius 2 is 0.667 bits per heavy atom. The maximum atomic E-state index is 5.72. The SMILES string of the molecule is CCCCCCCCCCCCCCCCCCCCCC(Cl)Cl. The number of hydrogen-bond acceptors (Lipinski definition) is 0. The van der Waals surface area contributed by atoms with Crippen molar-refractivity contribution in [3.8, 4) is 0 Å². The molecule has 0 bridgehead atoms. The van der Waals surface area contributed by atoms with Crippen LogP contribution in [0.2, 0.25) is 0 Å². The Hall–Kier alpha value is 0.580. The zero-order valence-corrected chi connectivity index (χ0v) is 18.0. The monoisotopic (exact) mass is 378 g/mol. The number of alkyl halides is 2. The fraction of sp³-hybridized carbons (Fsp3) is 1.00.